The number of rotatable bonds is 4. The SMILES string of the molecule is COC(=O)[C@@H]1C[C@H](I)[C@@H](c2ccco2)N1S(=O)(=O)c1ccc(C)cc1. The van der Waals surface area contributed by atoms with E-state index in [-0.39, 0.29) is 8.82 Å². The van der Waals surface area contributed by atoms with E-state index in [0.29, 0.717) is 12.2 Å². The fourth-order valence-electron chi connectivity index (χ4n) is 3.05. The Morgan fingerprint density at radius 1 is 1.28 bits per heavy atom. The highest BCUT2D eigenvalue weighted by atomic mass is 127. The zero-order valence-electron chi connectivity index (χ0n) is 13.8. The molecule has 2 heterocycles. The smallest absolute Gasteiger partial charge is 0.324 e. The van der Waals surface area contributed by atoms with Gasteiger partial charge in [-0.25, -0.2) is 8.42 Å². The van der Waals surface area contributed by atoms with Crippen LogP contribution in [-0.2, 0) is 19.6 Å². The molecule has 0 bridgehead atoms. The number of alkyl halides is 1. The molecule has 8 heteroatoms. The monoisotopic (exact) mass is 475 g/mol. The lowest BCUT2D eigenvalue weighted by molar-refractivity contribution is -0.144. The topological polar surface area (TPSA) is 76.8 Å². The molecule has 0 N–H and O–H groups in total. The summed E-state index contributed by atoms with van der Waals surface area (Å²) in [5, 5.41) is 0. The summed E-state index contributed by atoms with van der Waals surface area (Å²) in [5.41, 5.74) is 0.958. The zero-order chi connectivity index (χ0) is 18.2. The van der Waals surface area contributed by atoms with E-state index in [4.69, 9.17) is 9.15 Å². The maximum atomic E-state index is 13.3. The van der Waals surface area contributed by atoms with Crippen molar-refractivity contribution in [3.63, 3.8) is 0 Å². The number of sulfonamides is 1. The average Bonchev–Trinajstić information content (AvgIpc) is 3.21. The highest BCUT2D eigenvalue weighted by Gasteiger charge is 2.52. The molecule has 1 aliphatic heterocycles. The number of benzene rings is 1. The van der Waals surface area contributed by atoms with Gasteiger partial charge in [-0.2, -0.15) is 4.31 Å². The normalized spacial score (nSPS) is 24.4. The van der Waals surface area contributed by atoms with Crippen LogP contribution in [0.2, 0.25) is 0 Å². The number of furan rings is 1. The fourth-order valence-corrected chi connectivity index (χ4v) is 6.23. The van der Waals surface area contributed by atoms with E-state index in [9.17, 15) is 13.2 Å². The minimum absolute atomic E-state index is 0.118. The largest absolute Gasteiger partial charge is 0.468 e. The van der Waals surface area contributed by atoms with Crippen molar-refractivity contribution >= 4 is 38.6 Å². The summed E-state index contributed by atoms with van der Waals surface area (Å²) >= 11 is 2.17. The molecule has 0 amide bonds. The van der Waals surface area contributed by atoms with Crippen molar-refractivity contribution in [3.8, 4) is 0 Å². The van der Waals surface area contributed by atoms with E-state index in [1.54, 1.807) is 36.4 Å². The van der Waals surface area contributed by atoms with Crippen LogP contribution in [0.4, 0.5) is 0 Å². The van der Waals surface area contributed by atoms with Gasteiger partial charge >= 0.3 is 5.97 Å². The predicted molar refractivity (Wildman–Crippen MR) is 99.9 cm³/mol. The van der Waals surface area contributed by atoms with Gasteiger partial charge < -0.3 is 9.15 Å². The van der Waals surface area contributed by atoms with E-state index >= 15 is 0 Å². The second-order valence-corrected chi connectivity index (χ2v) is 9.34. The summed E-state index contributed by atoms with van der Waals surface area (Å²) in [4.78, 5) is 12.4. The molecule has 0 spiro atoms. The third-order valence-electron chi connectivity index (χ3n) is 4.28. The molecule has 1 aromatic carbocycles. The molecule has 1 saturated heterocycles. The molecule has 0 radical (unpaired) electrons. The second-order valence-electron chi connectivity index (χ2n) is 5.90. The van der Waals surface area contributed by atoms with Gasteiger partial charge in [0.05, 0.1) is 24.3 Å². The van der Waals surface area contributed by atoms with Crippen LogP contribution in [0.3, 0.4) is 0 Å². The molecule has 3 rings (SSSR count). The first-order chi connectivity index (χ1) is 11.9. The van der Waals surface area contributed by atoms with Crippen LogP contribution >= 0.6 is 22.6 Å². The van der Waals surface area contributed by atoms with Crippen LogP contribution in [0.25, 0.3) is 0 Å². The number of halogens is 1. The Hall–Kier alpha value is -1.39. The van der Waals surface area contributed by atoms with Crippen LogP contribution < -0.4 is 0 Å². The summed E-state index contributed by atoms with van der Waals surface area (Å²) in [6.07, 6.45) is 1.87. The summed E-state index contributed by atoms with van der Waals surface area (Å²) in [6, 6.07) is 8.57. The first-order valence-electron chi connectivity index (χ1n) is 7.71. The Balaban J connectivity index is 2.11. The fraction of sp³-hybridized carbons (Fsp3) is 0.353. The zero-order valence-corrected chi connectivity index (χ0v) is 16.7. The third kappa shape index (κ3) is 3.34. The van der Waals surface area contributed by atoms with Crippen molar-refractivity contribution in [2.24, 2.45) is 0 Å². The Morgan fingerprint density at radius 3 is 2.52 bits per heavy atom. The molecule has 0 saturated carbocycles. The summed E-state index contributed by atoms with van der Waals surface area (Å²) in [7, 11) is -2.63. The molecule has 25 heavy (non-hydrogen) atoms. The van der Waals surface area contributed by atoms with Gasteiger partial charge in [0.25, 0.3) is 0 Å². The number of nitrogens with zero attached hydrogens (tertiary/aromatic N) is 1. The van der Waals surface area contributed by atoms with Gasteiger partial charge in [-0.3, -0.25) is 4.79 Å². The van der Waals surface area contributed by atoms with E-state index < -0.39 is 28.1 Å². The van der Waals surface area contributed by atoms with Gasteiger partial charge in [-0.1, -0.05) is 40.3 Å². The molecule has 0 unspecified atom stereocenters. The first-order valence-corrected chi connectivity index (χ1v) is 10.4. The van der Waals surface area contributed by atoms with Gasteiger partial charge in [0.2, 0.25) is 10.0 Å². The number of hydrogen-bond acceptors (Lipinski definition) is 5. The summed E-state index contributed by atoms with van der Waals surface area (Å²) in [5.74, 6) is -0.0482. The van der Waals surface area contributed by atoms with Gasteiger partial charge in [-0.15, -0.1) is 0 Å². The molecule has 6 nitrogen and oxygen atoms in total. The molecule has 0 aliphatic carbocycles. The number of carbonyl (C=O) groups excluding carboxylic acids is 1. The molecule has 134 valence electrons. The minimum atomic E-state index is -3.90. The number of esters is 1. The Bertz CT molecular complexity index is 848. The van der Waals surface area contributed by atoms with Crippen LogP contribution in [0.1, 0.15) is 23.8 Å². The quantitative estimate of drug-likeness (QED) is 0.386. The molecular formula is C17H18INO5S. The van der Waals surface area contributed by atoms with Crippen LogP contribution in [0.5, 0.6) is 0 Å². The summed E-state index contributed by atoms with van der Waals surface area (Å²) in [6.45, 7) is 1.88. The molecular weight excluding hydrogens is 457 g/mol. The van der Waals surface area contributed by atoms with Crippen molar-refractivity contribution in [1.29, 1.82) is 0 Å². The van der Waals surface area contributed by atoms with Crippen molar-refractivity contribution in [2.75, 3.05) is 7.11 Å². The maximum Gasteiger partial charge on any atom is 0.324 e. The Morgan fingerprint density at radius 2 is 1.96 bits per heavy atom. The van der Waals surface area contributed by atoms with Gasteiger partial charge in [0, 0.05) is 3.92 Å². The number of carbonyl (C=O) groups is 1. The number of hydrogen-bond donors (Lipinski definition) is 0. The van der Waals surface area contributed by atoms with Crippen molar-refractivity contribution in [3.05, 3.63) is 54.0 Å². The van der Waals surface area contributed by atoms with Gasteiger partial charge in [0.1, 0.15) is 11.8 Å². The van der Waals surface area contributed by atoms with E-state index in [1.165, 1.54) is 17.7 Å². The lowest BCUT2D eigenvalue weighted by Gasteiger charge is -2.27. The first kappa shape index (κ1) is 18.4. The second kappa shape index (κ2) is 7.08. The van der Waals surface area contributed by atoms with Crippen molar-refractivity contribution in [1.82, 2.24) is 4.31 Å². The third-order valence-corrected chi connectivity index (χ3v) is 7.37. The van der Waals surface area contributed by atoms with Crippen LogP contribution in [0.15, 0.2) is 52.0 Å². The van der Waals surface area contributed by atoms with Crippen LogP contribution in [-0.4, -0.2) is 35.8 Å². The molecule has 1 fully saturated rings. The molecule has 1 aromatic heterocycles. The van der Waals surface area contributed by atoms with Gasteiger partial charge in [-0.05, 0) is 37.6 Å². The molecule has 2 aromatic rings. The van der Waals surface area contributed by atoms with Crippen LogP contribution in [0, 0.1) is 6.92 Å². The highest BCUT2D eigenvalue weighted by Crippen LogP contribution is 2.44. The maximum absolute atomic E-state index is 13.3. The number of ether oxygens (including phenoxy) is 1. The van der Waals surface area contributed by atoms with E-state index in [1.807, 2.05) is 6.92 Å². The summed E-state index contributed by atoms with van der Waals surface area (Å²) < 4.78 is 38.0. The average molecular weight is 475 g/mol. The predicted octanol–water partition coefficient (Wildman–Crippen LogP) is 3.07. The van der Waals surface area contributed by atoms with Crippen molar-refractivity contribution in [2.45, 2.75) is 34.2 Å². The minimum Gasteiger partial charge on any atom is -0.468 e. The molecule has 3 atom stereocenters. The standard InChI is InChI=1S/C17H18INO5S/c1-11-5-7-12(8-6-11)25(21,22)19-14(17(20)23-2)10-13(18)16(19)15-4-3-9-24-15/h3-9,13-14,16H,10H2,1-2H3/t13-,14-,16-/m0/s1. The van der Waals surface area contributed by atoms with E-state index in [2.05, 4.69) is 22.6 Å². The van der Waals surface area contributed by atoms with Gasteiger partial charge in [0.15, 0.2) is 0 Å². The number of aryl methyl sites for hydroxylation is 1. The highest BCUT2D eigenvalue weighted by molar-refractivity contribution is 14.1. The number of methoxy groups -OCH3 is 1. The van der Waals surface area contributed by atoms with E-state index in [0.717, 1.165) is 5.56 Å². The molecule has 1 aliphatic rings. The lowest BCUT2D eigenvalue weighted by atomic mass is 10.1. The lowest BCUT2D eigenvalue weighted by Crippen LogP contribution is -2.42. The Kier molecular flexibility index (Phi) is 5.21. The Labute approximate surface area is 160 Å². The van der Waals surface area contributed by atoms with Crippen molar-refractivity contribution < 1.29 is 22.4 Å².